The normalized spacial score (nSPS) is 33.6. The maximum atomic E-state index is 13.1. The quantitative estimate of drug-likeness (QED) is 0.613. The molecule has 4 unspecified atom stereocenters. The average molecular weight is 322 g/mol. The Labute approximate surface area is 142 Å². The summed E-state index contributed by atoms with van der Waals surface area (Å²) in [6.07, 6.45) is 7.58. The molecule has 1 saturated carbocycles. The third kappa shape index (κ3) is 3.81. The third-order valence-electron chi connectivity index (χ3n) is 6.01. The smallest absolute Gasteiger partial charge is 0.326 e. The number of likely N-dealkylation sites (N-methyl/N-ethyl adjacent to an activating group) is 1. The van der Waals surface area contributed by atoms with Gasteiger partial charge in [0.25, 0.3) is 0 Å². The zero-order valence-corrected chi connectivity index (χ0v) is 16.1. The van der Waals surface area contributed by atoms with Crippen LogP contribution in [0.1, 0.15) is 73.6 Å². The molecule has 0 aromatic rings. The van der Waals surface area contributed by atoms with Crippen LogP contribution in [0.5, 0.6) is 0 Å². The first-order valence-electron chi connectivity index (χ1n) is 9.10. The molecule has 1 N–H and O–H groups in total. The summed E-state index contributed by atoms with van der Waals surface area (Å²) >= 11 is 0. The molecule has 3 nitrogen and oxygen atoms in total. The van der Waals surface area contributed by atoms with E-state index in [1.807, 2.05) is 14.0 Å². The SMILES string of the molecule is CNC(C)(CC(C)(C)C)C(=O)OC1(C)C(C)CC2=CCCC1C2. The van der Waals surface area contributed by atoms with E-state index in [9.17, 15) is 4.79 Å². The van der Waals surface area contributed by atoms with Gasteiger partial charge in [-0.2, -0.15) is 0 Å². The van der Waals surface area contributed by atoms with Gasteiger partial charge < -0.3 is 10.1 Å². The van der Waals surface area contributed by atoms with Crippen molar-refractivity contribution in [2.75, 3.05) is 7.05 Å². The molecule has 132 valence electrons. The molecule has 2 aliphatic rings. The lowest BCUT2D eigenvalue weighted by molar-refractivity contribution is -0.183. The molecule has 3 heteroatoms. The summed E-state index contributed by atoms with van der Waals surface area (Å²) in [6.45, 7) is 12.9. The van der Waals surface area contributed by atoms with Crippen LogP contribution < -0.4 is 5.32 Å². The van der Waals surface area contributed by atoms with Gasteiger partial charge in [-0.25, -0.2) is 0 Å². The van der Waals surface area contributed by atoms with Crippen LogP contribution in [0.15, 0.2) is 11.6 Å². The molecule has 0 saturated heterocycles. The summed E-state index contributed by atoms with van der Waals surface area (Å²) in [5.74, 6) is 0.751. The van der Waals surface area contributed by atoms with Gasteiger partial charge >= 0.3 is 5.97 Å². The fraction of sp³-hybridized carbons (Fsp3) is 0.850. The van der Waals surface area contributed by atoms with Crippen molar-refractivity contribution in [3.8, 4) is 0 Å². The number of ether oxygens (including phenoxy) is 1. The highest BCUT2D eigenvalue weighted by molar-refractivity contribution is 5.81. The fourth-order valence-corrected chi connectivity index (χ4v) is 4.46. The summed E-state index contributed by atoms with van der Waals surface area (Å²) in [5, 5.41) is 3.23. The Bertz CT molecular complexity index is 490. The molecule has 0 spiro atoms. The van der Waals surface area contributed by atoms with Crippen molar-refractivity contribution >= 4 is 5.97 Å². The maximum absolute atomic E-state index is 13.1. The number of nitrogens with one attached hydrogen (secondary N) is 1. The van der Waals surface area contributed by atoms with Gasteiger partial charge in [0.2, 0.25) is 0 Å². The van der Waals surface area contributed by atoms with E-state index in [4.69, 9.17) is 4.74 Å². The summed E-state index contributed by atoms with van der Waals surface area (Å²) < 4.78 is 6.25. The van der Waals surface area contributed by atoms with Gasteiger partial charge in [-0.1, -0.05) is 39.3 Å². The third-order valence-corrected chi connectivity index (χ3v) is 6.01. The van der Waals surface area contributed by atoms with Crippen LogP contribution in [0.3, 0.4) is 0 Å². The lowest BCUT2D eigenvalue weighted by atomic mass is 9.64. The van der Waals surface area contributed by atoms with Crippen molar-refractivity contribution in [2.24, 2.45) is 17.3 Å². The van der Waals surface area contributed by atoms with Crippen LogP contribution in [0.4, 0.5) is 0 Å². The Morgan fingerprint density at radius 1 is 1.35 bits per heavy atom. The maximum Gasteiger partial charge on any atom is 0.326 e. The standard InChI is InChI=1S/C20H35NO2/c1-14-11-15-9-8-10-16(12-15)20(14,6)23-17(22)19(5,21-7)13-18(2,3)4/h9,14,16,21H,8,10-13H2,1-7H3. The second-order valence-corrected chi connectivity index (χ2v) is 9.34. The van der Waals surface area contributed by atoms with Crippen LogP contribution in [-0.2, 0) is 9.53 Å². The Morgan fingerprint density at radius 2 is 2.00 bits per heavy atom. The predicted octanol–water partition coefficient (Wildman–Crippen LogP) is 4.47. The van der Waals surface area contributed by atoms with Crippen molar-refractivity contribution in [1.82, 2.24) is 5.32 Å². The van der Waals surface area contributed by atoms with Gasteiger partial charge in [-0.05, 0) is 64.3 Å². The van der Waals surface area contributed by atoms with Gasteiger partial charge in [0.1, 0.15) is 11.1 Å². The highest BCUT2D eigenvalue weighted by Gasteiger charge is 2.49. The minimum Gasteiger partial charge on any atom is -0.457 e. The number of carbonyl (C=O) groups is 1. The molecule has 23 heavy (non-hydrogen) atoms. The number of carbonyl (C=O) groups excluding carboxylic acids is 1. The Balaban J connectivity index is 2.18. The molecular weight excluding hydrogens is 286 g/mol. The lowest BCUT2D eigenvalue weighted by Gasteiger charge is -2.49. The summed E-state index contributed by atoms with van der Waals surface area (Å²) in [6, 6.07) is 0. The first kappa shape index (κ1) is 18.5. The minimum absolute atomic E-state index is 0.0661. The molecule has 4 atom stereocenters. The topological polar surface area (TPSA) is 38.3 Å². The van der Waals surface area contributed by atoms with Crippen LogP contribution in [0, 0.1) is 17.3 Å². The lowest BCUT2D eigenvalue weighted by Crippen LogP contribution is -2.57. The van der Waals surface area contributed by atoms with E-state index in [0.29, 0.717) is 11.8 Å². The van der Waals surface area contributed by atoms with Crippen molar-refractivity contribution in [1.29, 1.82) is 0 Å². The number of allylic oxidation sites excluding steroid dienone is 2. The van der Waals surface area contributed by atoms with E-state index in [1.54, 1.807) is 5.57 Å². The van der Waals surface area contributed by atoms with Crippen molar-refractivity contribution in [3.63, 3.8) is 0 Å². The average Bonchev–Trinajstić information content (AvgIpc) is 2.44. The van der Waals surface area contributed by atoms with E-state index >= 15 is 0 Å². The molecule has 0 amide bonds. The van der Waals surface area contributed by atoms with Crippen LogP contribution in [-0.4, -0.2) is 24.2 Å². The molecule has 0 aromatic heterocycles. The Morgan fingerprint density at radius 3 is 2.57 bits per heavy atom. The number of hydrogen-bond donors (Lipinski definition) is 1. The van der Waals surface area contributed by atoms with Crippen molar-refractivity contribution < 1.29 is 9.53 Å². The number of fused-ring (bicyclic) bond motifs is 2. The molecular formula is C20H35NO2. The van der Waals surface area contributed by atoms with E-state index < -0.39 is 5.54 Å². The largest absolute Gasteiger partial charge is 0.457 e. The zero-order valence-electron chi connectivity index (χ0n) is 16.1. The number of rotatable bonds is 4. The van der Waals surface area contributed by atoms with E-state index in [2.05, 4.69) is 46.0 Å². The minimum atomic E-state index is -0.633. The highest BCUT2D eigenvalue weighted by Crippen LogP contribution is 2.48. The molecule has 2 bridgehead atoms. The van der Waals surface area contributed by atoms with E-state index in [0.717, 1.165) is 32.1 Å². The molecule has 1 fully saturated rings. The molecule has 0 radical (unpaired) electrons. The molecule has 0 heterocycles. The van der Waals surface area contributed by atoms with Gasteiger partial charge in [-0.3, -0.25) is 4.79 Å². The summed E-state index contributed by atoms with van der Waals surface area (Å²) in [5.41, 5.74) is 0.654. The first-order valence-corrected chi connectivity index (χ1v) is 9.10. The number of hydrogen-bond acceptors (Lipinski definition) is 3. The molecule has 2 rings (SSSR count). The monoisotopic (exact) mass is 321 g/mol. The summed E-state index contributed by atoms with van der Waals surface area (Å²) in [4.78, 5) is 13.1. The van der Waals surface area contributed by atoms with E-state index in [1.165, 1.54) is 0 Å². The molecule has 0 aliphatic heterocycles. The first-order chi connectivity index (χ1) is 10.5. The second-order valence-electron chi connectivity index (χ2n) is 9.34. The number of esters is 1. The zero-order chi connectivity index (χ0) is 17.5. The van der Waals surface area contributed by atoms with Crippen LogP contribution >= 0.6 is 0 Å². The highest BCUT2D eigenvalue weighted by atomic mass is 16.6. The second kappa shape index (κ2) is 6.23. The van der Waals surface area contributed by atoms with Gasteiger partial charge in [0.05, 0.1) is 0 Å². The van der Waals surface area contributed by atoms with Crippen molar-refractivity contribution in [2.45, 2.75) is 84.8 Å². The summed E-state index contributed by atoms with van der Waals surface area (Å²) in [7, 11) is 1.86. The van der Waals surface area contributed by atoms with Crippen LogP contribution in [0.25, 0.3) is 0 Å². The van der Waals surface area contributed by atoms with E-state index in [-0.39, 0.29) is 17.0 Å². The van der Waals surface area contributed by atoms with Crippen molar-refractivity contribution in [3.05, 3.63) is 11.6 Å². The van der Waals surface area contributed by atoms with Gasteiger partial charge in [0.15, 0.2) is 0 Å². The molecule has 2 aliphatic carbocycles. The Kier molecular flexibility index (Phi) is 5.02. The molecule has 0 aromatic carbocycles. The predicted molar refractivity (Wildman–Crippen MR) is 95.2 cm³/mol. The van der Waals surface area contributed by atoms with Crippen LogP contribution in [0.2, 0.25) is 0 Å². The van der Waals surface area contributed by atoms with Gasteiger partial charge in [-0.15, -0.1) is 0 Å². The van der Waals surface area contributed by atoms with Gasteiger partial charge in [0, 0.05) is 5.92 Å². The Hall–Kier alpha value is -0.830. The fourth-order valence-electron chi connectivity index (χ4n) is 4.46.